The predicted molar refractivity (Wildman–Crippen MR) is 87.4 cm³/mol. The zero-order valence-electron chi connectivity index (χ0n) is 14.3. The van der Waals surface area contributed by atoms with Gasteiger partial charge in [0.15, 0.2) is 0 Å². The number of amides is 1. The van der Waals surface area contributed by atoms with Crippen LogP contribution < -0.4 is 0 Å². The van der Waals surface area contributed by atoms with Crippen LogP contribution in [-0.2, 0) is 14.9 Å². The van der Waals surface area contributed by atoms with Crippen LogP contribution in [0.2, 0.25) is 0 Å². The third kappa shape index (κ3) is 4.34. The SMILES string of the molecule is CCOC(=O)N1CCN(S(=O)(=O)N2CCCC(N(C)C)C2)CC1. The van der Waals surface area contributed by atoms with E-state index in [1.165, 1.54) is 4.31 Å². The predicted octanol–water partition coefficient (Wildman–Crippen LogP) is 0.0313. The maximum absolute atomic E-state index is 12.8. The molecule has 2 aliphatic rings. The lowest BCUT2D eigenvalue weighted by Gasteiger charge is -2.40. The second-order valence-corrected chi connectivity index (χ2v) is 8.14. The van der Waals surface area contributed by atoms with Crippen LogP contribution in [0, 0.1) is 0 Å². The molecule has 2 aliphatic heterocycles. The molecule has 2 saturated heterocycles. The van der Waals surface area contributed by atoms with E-state index < -0.39 is 10.2 Å². The Bertz CT molecular complexity index is 503. The van der Waals surface area contributed by atoms with Crippen LogP contribution in [0.15, 0.2) is 0 Å². The Labute approximate surface area is 139 Å². The van der Waals surface area contributed by atoms with Crippen LogP contribution in [0.5, 0.6) is 0 Å². The van der Waals surface area contributed by atoms with Crippen molar-refractivity contribution in [2.45, 2.75) is 25.8 Å². The number of likely N-dealkylation sites (N-methyl/N-ethyl adjacent to an activating group) is 1. The Hall–Kier alpha value is -0.900. The fraction of sp³-hybridized carbons (Fsp3) is 0.929. The largest absolute Gasteiger partial charge is 0.450 e. The lowest BCUT2D eigenvalue weighted by molar-refractivity contribution is 0.0916. The van der Waals surface area contributed by atoms with Gasteiger partial charge in [-0.1, -0.05) is 0 Å². The maximum atomic E-state index is 12.8. The highest BCUT2D eigenvalue weighted by Gasteiger charge is 2.36. The Kier molecular flexibility index (Phi) is 6.24. The Morgan fingerprint density at radius 3 is 2.35 bits per heavy atom. The molecule has 9 heteroatoms. The minimum absolute atomic E-state index is 0.263. The lowest BCUT2D eigenvalue weighted by atomic mass is 10.1. The molecule has 0 aromatic rings. The molecule has 23 heavy (non-hydrogen) atoms. The molecular formula is C14H28N4O4S. The molecule has 0 saturated carbocycles. The highest BCUT2D eigenvalue weighted by molar-refractivity contribution is 7.86. The number of piperidine rings is 1. The van der Waals surface area contributed by atoms with Gasteiger partial charge in [-0.25, -0.2) is 4.79 Å². The van der Waals surface area contributed by atoms with Crippen LogP contribution in [0.3, 0.4) is 0 Å². The van der Waals surface area contributed by atoms with E-state index in [4.69, 9.17) is 4.74 Å². The molecular weight excluding hydrogens is 320 g/mol. The van der Waals surface area contributed by atoms with Crippen molar-refractivity contribution in [1.29, 1.82) is 0 Å². The molecule has 0 bridgehead atoms. The number of ether oxygens (including phenoxy) is 1. The molecule has 2 fully saturated rings. The Morgan fingerprint density at radius 2 is 1.78 bits per heavy atom. The van der Waals surface area contributed by atoms with Crippen molar-refractivity contribution >= 4 is 16.3 Å². The molecule has 2 rings (SSSR count). The molecule has 0 N–H and O–H groups in total. The number of rotatable bonds is 4. The summed E-state index contributed by atoms with van der Waals surface area (Å²) in [5, 5.41) is 0. The number of piperazine rings is 1. The van der Waals surface area contributed by atoms with Crippen molar-refractivity contribution in [2.24, 2.45) is 0 Å². The molecule has 0 radical (unpaired) electrons. The van der Waals surface area contributed by atoms with E-state index in [0.29, 0.717) is 45.9 Å². The van der Waals surface area contributed by atoms with Crippen molar-refractivity contribution in [3.05, 3.63) is 0 Å². The van der Waals surface area contributed by atoms with Gasteiger partial charge in [-0.2, -0.15) is 17.0 Å². The maximum Gasteiger partial charge on any atom is 0.409 e. The number of carbonyl (C=O) groups excluding carboxylic acids is 1. The molecule has 1 amide bonds. The van der Waals surface area contributed by atoms with Crippen molar-refractivity contribution in [3.8, 4) is 0 Å². The van der Waals surface area contributed by atoms with Gasteiger partial charge in [-0.15, -0.1) is 0 Å². The second-order valence-electron chi connectivity index (χ2n) is 6.21. The average molecular weight is 348 g/mol. The monoisotopic (exact) mass is 348 g/mol. The summed E-state index contributed by atoms with van der Waals surface area (Å²) in [5.41, 5.74) is 0. The topological polar surface area (TPSA) is 73.4 Å². The first kappa shape index (κ1) is 18.4. The van der Waals surface area contributed by atoms with Crippen LogP contribution in [0.1, 0.15) is 19.8 Å². The molecule has 0 spiro atoms. The fourth-order valence-electron chi connectivity index (χ4n) is 3.03. The minimum Gasteiger partial charge on any atom is -0.450 e. The smallest absolute Gasteiger partial charge is 0.409 e. The molecule has 1 atom stereocenters. The third-order valence-electron chi connectivity index (χ3n) is 4.51. The van der Waals surface area contributed by atoms with Crippen molar-refractivity contribution in [2.75, 3.05) is 60.0 Å². The van der Waals surface area contributed by atoms with Gasteiger partial charge in [-0.3, -0.25) is 0 Å². The first-order chi connectivity index (χ1) is 10.9. The number of carbonyl (C=O) groups is 1. The van der Waals surface area contributed by atoms with E-state index in [9.17, 15) is 13.2 Å². The zero-order valence-corrected chi connectivity index (χ0v) is 15.1. The van der Waals surface area contributed by atoms with E-state index >= 15 is 0 Å². The average Bonchev–Trinajstić information content (AvgIpc) is 2.55. The van der Waals surface area contributed by atoms with Gasteiger partial charge in [0.05, 0.1) is 6.61 Å². The van der Waals surface area contributed by atoms with Gasteiger partial charge in [0.2, 0.25) is 0 Å². The molecule has 134 valence electrons. The molecule has 0 aromatic carbocycles. The summed E-state index contributed by atoms with van der Waals surface area (Å²) in [6.45, 7) is 4.60. The van der Waals surface area contributed by atoms with E-state index in [2.05, 4.69) is 4.90 Å². The Morgan fingerprint density at radius 1 is 1.13 bits per heavy atom. The van der Waals surface area contributed by atoms with E-state index in [-0.39, 0.29) is 12.1 Å². The molecule has 8 nitrogen and oxygen atoms in total. The zero-order chi connectivity index (χ0) is 17.0. The minimum atomic E-state index is -3.45. The van der Waals surface area contributed by atoms with Crippen LogP contribution in [0.4, 0.5) is 4.79 Å². The van der Waals surface area contributed by atoms with Gasteiger partial charge in [0.1, 0.15) is 0 Å². The molecule has 2 heterocycles. The van der Waals surface area contributed by atoms with Gasteiger partial charge in [0.25, 0.3) is 10.2 Å². The number of hydrogen-bond acceptors (Lipinski definition) is 5. The highest BCUT2D eigenvalue weighted by Crippen LogP contribution is 2.20. The van der Waals surface area contributed by atoms with E-state index in [1.54, 1.807) is 16.1 Å². The molecule has 0 aliphatic carbocycles. The van der Waals surface area contributed by atoms with Crippen LogP contribution >= 0.6 is 0 Å². The number of nitrogens with zero attached hydrogens (tertiary/aromatic N) is 4. The van der Waals surface area contributed by atoms with Gasteiger partial charge in [0, 0.05) is 45.3 Å². The summed E-state index contributed by atoms with van der Waals surface area (Å²) in [4.78, 5) is 15.3. The normalized spacial score (nSPS) is 24.9. The highest BCUT2D eigenvalue weighted by atomic mass is 32.2. The quantitative estimate of drug-likeness (QED) is 0.717. The van der Waals surface area contributed by atoms with Gasteiger partial charge >= 0.3 is 6.09 Å². The molecule has 0 aromatic heterocycles. The van der Waals surface area contributed by atoms with Crippen molar-refractivity contribution in [3.63, 3.8) is 0 Å². The summed E-state index contributed by atoms with van der Waals surface area (Å²) in [6, 6.07) is 0.263. The second kappa shape index (κ2) is 7.78. The van der Waals surface area contributed by atoms with Crippen molar-refractivity contribution < 1.29 is 17.9 Å². The van der Waals surface area contributed by atoms with Crippen molar-refractivity contribution in [1.82, 2.24) is 18.4 Å². The summed E-state index contributed by atoms with van der Waals surface area (Å²) in [5.74, 6) is 0. The first-order valence-corrected chi connectivity index (χ1v) is 9.59. The lowest BCUT2D eigenvalue weighted by Crippen LogP contribution is -2.57. The van der Waals surface area contributed by atoms with E-state index in [0.717, 1.165) is 12.8 Å². The van der Waals surface area contributed by atoms with Crippen LogP contribution in [-0.4, -0.2) is 98.9 Å². The fourth-order valence-corrected chi connectivity index (χ4v) is 4.70. The standard InChI is InChI=1S/C14H28N4O4S/c1-4-22-14(19)16-8-10-17(11-9-16)23(20,21)18-7-5-6-13(12-18)15(2)3/h13H,4-12H2,1-3H3. The summed E-state index contributed by atoms with van der Waals surface area (Å²) < 4.78 is 33.7. The van der Waals surface area contributed by atoms with E-state index in [1.807, 2.05) is 14.1 Å². The first-order valence-electron chi connectivity index (χ1n) is 8.19. The summed E-state index contributed by atoms with van der Waals surface area (Å²) in [7, 11) is 0.518. The van der Waals surface area contributed by atoms with Gasteiger partial charge < -0.3 is 14.5 Å². The summed E-state index contributed by atoms with van der Waals surface area (Å²) >= 11 is 0. The Balaban J connectivity index is 1.95. The number of hydrogen-bond donors (Lipinski definition) is 0. The third-order valence-corrected chi connectivity index (χ3v) is 6.51. The summed E-state index contributed by atoms with van der Waals surface area (Å²) in [6.07, 6.45) is 1.54. The van der Waals surface area contributed by atoms with Crippen LogP contribution in [0.25, 0.3) is 0 Å². The van der Waals surface area contributed by atoms with Gasteiger partial charge in [-0.05, 0) is 33.9 Å². The molecule has 1 unspecified atom stereocenters.